The van der Waals surface area contributed by atoms with Crippen molar-refractivity contribution in [1.29, 1.82) is 0 Å². The van der Waals surface area contributed by atoms with Crippen LogP contribution in [0.15, 0.2) is 17.2 Å². The Labute approximate surface area is 138 Å². The van der Waals surface area contributed by atoms with Gasteiger partial charge in [-0.3, -0.25) is 9.89 Å². The van der Waals surface area contributed by atoms with Crippen molar-refractivity contribution >= 4 is 16.9 Å². The summed E-state index contributed by atoms with van der Waals surface area (Å²) >= 11 is 0. The number of pyridine rings is 1. The van der Waals surface area contributed by atoms with Gasteiger partial charge in [0.2, 0.25) is 0 Å². The molecule has 8 nitrogen and oxygen atoms in total. The van der Waals surface area contributed by atoms with Crippen LogP contribution in [-0.2, 0) is 19.5 Å². The molecule has 3 aromatic rings. The largest absolute Gasteiger partial charge is 0.365 e. The van der Waals surface area contributed by atoms with Gasteiger partial charge < -0.3 is 15.2 Å². The quantitative estimate of drug-likeness (QED) is 0.662. The molecule has 124 valence electrons. The standard InChI is InChI=1S/C16H19N7O/c1-9-13-14(18-8-19-15(13)22-21-9)17-6-10-5-11-7-23(2)4-3-12(11)20-16(10)24/h5,8H,3-4,6-7H2,1-2H3,(H,20,24)(H2,17,18,19,21,22). The maximum absolute atomic E-state index is 12.3. The monoisotopic (exact) mass is 325 g/mol. The van der Waals surface area contributed by atoms with E-state index in [0.29, 0.717) is 23.6 Å². The number of H-pyrrole nitrogens is 2. The molecule has 0 saturated heterocycles. The number of aryl methyl sites for hydroxylation is 1. The summed E-state index contributed by atoms with van der Waals surface area (Å²) < 4.78 is 0. The number of aromatic amines is 2. The molecule has 0 unspecified atom stereocenters. The van der Waals surface area contributed by atoms with E-state index in [1.54, 1.807) is 0 Å². The molecule has 0 amide bonds. The first-order chi connectivity index (χ1) is 11.6. The Hall–Kier alpha value is -2.74. The lowest BCUT2D eigenvalue weighted by molar-refractivity contribution is 0.309. The molecule has 0 aliphatic carbocycles. The van der Waals surface area contributed by atoms with Crippen molar-refractivity contribution in [3.63, 3.8) is 0 Å². The number of rotatable bonds is 3. The Morgan fingerprint density at radius 1 is 1.38 bits per heavy atom. The van der Waals surface area contributed by atoms with Crippen molar-refractivity contribution in [2.75, 3.05) is 18.9 Å². The minimum atomic E-state index is -0.0416. The Morgan fingerprint density at radius 2 is 2.25 bits per heavy atom. The maximum Gasteiger partial charge on any atom is 0.253 e. The highest BCUT2D eigenvalue weighted by Gasteiger charge is 2.16. The van der Waals surface area contributed by atoms with Crippen molar-refractivity contribution < 1.29 is 0 Å². The Kier molecular flexibility index (Phi) is 3.53. The van der Waals surface area contributed by atoms with Crippen LogP contribution in [0.4, 0.5) is 5.82 Å². The van der Waals surface area contributed by atoms with E-state index < -0.39 is 0 Å². The summed E-state index contributed by atoms with van der Waals surface area (Å²) in [6.07, 6.45) is 2.35. The van der Waals surface area contributed by atoms with Gasteiger partial charge in [0.25, 0.3) is 5.56 Å². The molecule has 24 heavy (non-hydrogen) atoms. The number of hydrogen-bond acceptors (Lipinski definition) is 6. The molecule has 1 aliphatic rings. The van der Waals surface area contributed by atoms with Gasteiger partial charge in [-0.1, -0.05) is 0 Å². The minimum absolute atomic E-state index is 0.0416. The van der Waals surface area contributed by atoms with Gasteiger partial charge >= 0.3 is 0 Å². The predicted octanol–water partition coefficient (Wildman–Crippen LogP) is 0.950. The lowest BCUT2D eigenvalue weighted by Gasteiger charge is -2.24. The highest BCUT2D eigenvalue weighted by molar-refractivity contribution is 5.88. The van der Waals surface area contributed by atoms with Gasteiger partial charge in [-0.15, -0.1) is 0 Å². The van der Waals surface area contributed by atoms with Gasteiger partial charge in [0.1, 0.15) is 12.1 Å². The molecule has 0 radical (unpaired) electrons. The average Bonchev–Trinajstić information content (AvgIpc) is 2.95. The minimum Gasteiger partial charge on any atom is -0.365 e. The summed E-state index contributed by atoms with van der Waals surface area (Å²) in [5.41, 5.74) is 4.42. The number of aromatic nitrogens is 5. The van der Waals surface area contributed by atoms with Gasteiger partial charge in [0, 0.05) is 43.0 Å². The highest BCUT2D eigenvalue weighted by Crippen LogP contribution is 2.21. The van der Waals surface area contributed by atoms with Crippen LogP contribution in [0.2, 0.25) is 0 Å². The third kappa shape index (κ3) is 2.54. The van der Waals surface area contributed by atoms with Gasteiger partial charge in [0.15, 0.2) is 5.65 Å². The maximum atomic E-state index is 12.3. The summed E-state index contributed by atoms with van der Waals surface area (Å²) in [7, 11) is 2.09. The molecule has 0 fully saturated rings. The fourth-order valence-corrected chi connectivity index (χ4v) is 3.14. The van der Waals surface area contributed by atoms with Crippen LogP contribution < -0.4 is 10.9 Å². The first-order valence-electron chi connectivity index (χ1n) is 7.94. The second-order valence-electron chi connectivity index (χ2n) is 6.24. The number of nitrogens with one attached hydrogen (secondary N) is 3. The fraction of sp³-hybridized carbons (Fsp3) is 0.375. The second-order valence-corrected chi connectivity index (χ2v) is 6.24. The lowest BCUT2D eigenvalue weighted by Crippen LogP contribution is -2.30. The summed E-state index contributed by atoms with van der Waals surface area (Å²) in [5, 5.41) is 11.1. The fourth-order valence-electron chi connectivity index (χ4n) is 3.14. The van der Waals surface area contributed by atoms with E-state index in [2.05, 4.69) is 42.4 Å². The smallest absolute Gasteiger partial charge is 0.253 e. The predicted molar refractivity (Wildman–Crippen MR) is 90.8 cm³/mol. The van der Waals surface area contributed by atoms with E-state index >= 15 is 0 Å². The Morgan fingerprint density at radius 3 is 3.12 bits per heavy atom. The molecule has 8 heteroatoms. The molecule has 1 aliphatic heterocycles. The van der Waals surface area contributed by atoms with Gasteiger partial charge in [-0.05, 0) is 25.6 Å². The molecule has 4 rings (SSSR count). The summed E-state index contributed by atoms with van der Waals surface area (Å²) in [6, 6.07) is 2.00. The number of likely N-dealkylation sites (N-methyl/N-ethyl adjacent to an activating group) is 1. The summed E-state index contributed by atoms with van der Waals surface area (Å²) in [4.78, 5) is 26.0. The molecule has 0 spiro atoms. The molecule has 0 bridgehead atoms. The van der Waals surface area contributed by atoms with E-state index in [4.69, 9.17) is 0 Å². The van der Waals surface area contributed by atoms with Crippen molar-refractivity contribution in [2.45, 2.75) is 26.4 Å². The number of nitrogens with zero attached hydrogens (tertiary/aromatic N) is 4. The van der Waals surface area contributed by atoms with Crippen LogP contribution in [0.5, 0.6) is 0 Å². The zero-order chi connectivity index (χ0) is 16.7. The van der Waals surface area contributed by atoms with Gasteiger partial charge in [-0.2, -0.15) is 5.10 Å². The second kappa shape index (κ2) is 5.72. The zero-order valence-electron chi connectivity index (χ0n) is 13.7. The van der Waals surface area contributed by atoms with Gasteiger partial charge in [-0.25, -0.2) is 9.97 Å². The third-order valence-electron chi connectivity index (χ3n) is 4.45. The van der Waals surface area contributed by atoms with Crippen LogP contribution >= 0.6 is 0 Å². The number of anilines is 1. The number of fused-ring (bicyclic) bond motifs is 2. The SMILES string of the molecule is Cc1[nH]nc2ncnc(NCc3cc4c([nH]c3=O)CCN(C)C4)c12. The van der Waals surface area contributed by atoms with Crippen LogP contribution in [0, 0.1) is 6.92 Å². The van der Waals surface area contributed by atoms with E-state index in [-0.39, 0.29) is 5.56 Å². The van der Waals surface area contributed by atoms with Crippen molar-refractivity contribution in [1.82, 2.24) is 30.0 Å². The summed E-state index contributed by atoms with van der Waals surface area (Å²) in [5.74, 6) is 0.681. The van der Waals surface area contributed by atoms with Crippen LogP contribution in [-0.4, -0.2) is 43.6 Å². The average molecular weight is 325 g/mol. The van der Waals surface area contributed by atoms with E-state index in [9.17, 15) is 4.79 Å². The molecule has 3 N–H and O–H groups in total. The molecule has 0 atom stereocenters. The lowest BCUT2D eigenvalue weighted by atomic mass is 10.0. The van der Waals surface area contributed by atoms with E-state index in [1.165, 1.54) is 11.9 Å². The first kappa shape index (κ1) is 14.8. The van der Waals surface area contributed by atoms with Crippen molar-refractivity contribution in [3.8, 4) is 0 Å². The molecule has 4 heterocycles. The van der Waals surface area contributed by atoms with Crippen molar-refractivity contribution in [3.05, 3.63) is 45.3 Å². The Balaban J connectivity index is 1.63. The molecule has 0 aromatic carbocycles. The normalized spacial score (nSPS) is 14.8. The van der Waals surface area contributed by atoms with Crippen LogP contribution in [0.25, 0.3) is 11.0 Å². The zero-order valence-corrected chi connectivity index (χ0v) is 13.7. The Bertz CT molecular complexity index is 959. The van der Waals surface area contributed by atoms with Gasteiger partial charge in [0.05, 0.1) is 5.39 Å². The van der Waals surface area contributed by atoms with Crippen LogP contribution in [0.3, 0.4) is 0 Å². The molecule has 3 aromatic heterocycles. The van der Waals surface area contributed by atoms with Crippen molar-refractivity contribution in [2.24, 2.45) is 0 Å². The highest BCUT2D eigenvalue weighted by atomic mass is 16.1. The summed E-state index contributed by atoms with van der Waals surface area (Å²) in [6.45, 7) is 4.16. The van der Waals surface area contributed by atoms with Crippen LogP contribution in [0.1, 0.15) is 22.5 Å². The first-order valence-corrected chi connectivity index (χ1v) is 7.94. The number of hydrogen-bond donors (Lipinski definition) is 3. The third-order valence-corrected chi connectivity index (χ3v) is 4.45. The van der Waals surface area contributed by atoms with E-state index in [1.807, 2.05) is 13.0 Å². The molecular weight excluding hydrogens is 306 g/mol. The van der Waals surface area contributed by atoms with E-state index in [0.717, 1.165) is 36.3 Å². The molecule has 0 saturated carbocycles. The topological polar surface area (TPSA) is 103 Å². The molecular formula is C16H19N7O.